The third kappa shape index (κ3) is 3.61. The quantitative estimate of drug-likeness (QED) is 0.659. The van der Waals surface area contributed by atoms with E-state index in [0.29, 0.717) is 0 Å². The number of anilines is 3. The monoisotopic (exact) mass is 359 g/mol. The maximum Gasteiger partial charge on any atom is 0.495 e. The van der Waals surface area contributed by atoms with Gasteiger partial charge in [-0.3, -0.25) is 9.88 Å². The largest absolute Gasteiger partial charge is 0.495 e. The summed E-state index contributed by atoms with van der Waals surface area (Å²) in [5.74, 6) is -0.764. The highest BCUT2D eigenvalue weighted by Crippen LogP contribution is 2.32. The van der Waals surface area contributed by atoms with E-state index in [1.165, 1.54) is 42.7 Å². The van der Waals surface area contributed by atoms with Gasteiger partial charge in [-0.25, -0.2) is 14.8 Å². The van der Waals surface area contributed by atoms with Crippen LogP contribution >= 0.6 is 0 Å². The predicted octanol–water partition coefficient (Wildman–Crippen LogP) is 4.16. The number of amides is 2. The summed E-state index contributed by atoms with van der Waals surface area (Å²) in [7, 11) is 0. The fourth-order valence-corrected chi connectivity index (χ4v) is 2.25. The number of alkyl halides is 3. The van der Waals surface area contributed by atoms with E-state index in [9.17, 15) is 18.0 Å². The summed E-state index contributed by atoms with van der Waals surface area (Å²) in [6, 6.07) is 10.9. The first-order valence-corrected chi connectivity index (χ1v) is 7.41. The van der Waals surface area contributed by atoms with E-state index in [0.717, 1.165) is 17.3 Å². The van der Waals surface area contributed by atoms with Gasteiger partial charge in [-0.15, -0.1) is 13.2 Å². The lowest BCUT2D eigenvalue weighted by atomic mass is 10.2. The second-order valence-electron chi connectivity index (χ2n) is 5.01. The van der Waals surface area contributed by atoms with Gasteiger partial charge in [0, 0.05) is 24.8 Å². The third-order valence-corrected chi connectivity index (χ3v) is 3.32. The van der Waals surface area contributed by atoms with Crippen LogP contribution in [-0.4, -0.2) is 27.3 Å². The van der Waals surface area contributed by atoms with Gasteiger partial charge < -0.3 is 0 Å². The van der Waals surface area contributed by atoms with Gasteiger partial charge in [-0.05, 0) is 30.3 Å². The molecule has 2 heterocycles. The average Bonchev–Trinajstić information content (AvgIpc) is 2.63. The molecular formula is C17H12F3N5O. The Morgan fingerprint density at radius 2 is 1.38 bits per heavy atom. The molecule has 0 saturated heterocycles. The first kappa shape index (κ1) is 17.3. The van der Waals surface area contributed by atoms with Crippen LogP contribution in [0.5, 0.6) is 0 Å². The van der Waals surface area contributed by atoms with Crippen molar-refractivity contribution in [1.82, 2.24) is 15.0 Å². The summed E-state index contributed by atoms with van der Waals surface area (Å²) >= 11 is 0. The molecular weight excluding hydrogens is 347 g/mol. The number of nitrogens with zero attached hydrogens (tertiary/aromatic N) is 5. The molecule has 0 bridgehead atoms. The van der Waals surface area contributed by atoms with Gasteiger partial charge in [0.25, 0.3) is 0 Å². The highest BCUT2D eigenvalue weighted by molar-refractivity contribution is 6.08. The Bertz CT molecular complexity index is 820. The van der Waals surface area contributed by atoms with Crippen molar-refractivity contribution < 1.29 is 18.0 Å². The standard InChI is InChI=1S/C17H12F3N5O/c18-17(19,20)25(15-22-9-4-10-23-15)16(26)24(13-5-2-1-3-6-13)14-7-11-21-12-8-14/h1-12H. The van der Waals surface area contributed by atoms with Crippen LogP contribution in [0.1, 0.15) is 0 Å². The van der Waals surface area contributed by atoms with Crippen molar-refractivity contribution in [1.29, 1.82) is 0 Å². The fraction of sp³-hybridized carbons (Fsp3) is 0.0588. The van der Waals surface area contributed by atoms with Crippen LogP contribution in [-0.2, 0) is 0 Å². The Balaban J connectivity index is 2.12. The minimum atomic E-state index is -5.02. The summed E-state index contributed by atoms with van der Waals surface area (Å²) in [4.78, 5) is 24.4. The Morgan fingerprint density at radius 1 is 0.808 bits per heavy atom. The fourth-order valence-electron chi connectivity index (χ4n) is 2.25. The second kappa shape index (κ2) is 7.18. The van der Waals surface area contributed by atoms with Crippen LogP contribution in [0.2, 0.25) is 0 Å². The molecule has 0 fully saturated rings. The van der Waals surface area contributed by atoms with Crippen molar-refractivity contribution in [2.45, 2.75) is 6.30 Å². The number of pyridine rings is 1. The lowest BCUT2D eigenvalue weighted by molar-refractivity contribution is -0.121. The molecule has 6 nitrogen and oxygen atoms in total. The van der Waals surface area contributed by atoms with E-state index in [-0.39, 0.29) is 11.4 Å². The number of carbonyl (C=O) groups excluding carboxylic acids is 1. The van der Waals surface area contributed by atoms with Crippen molar-refractivity contribution in [2.24, 2.45) is 0 Å². The zero-order valence-electron chi connectivity index (χ0n) is 13.2. The molecule has 0 spiro atoms. The van der Waals surface area contributed by atoms with Crippen molar-refractivity contribution in [3.8, 4) is 0 Å². The van der Waals surface area contributed by atoms with Crippen LogP contribution < -0.4 is 9.80 Å². The van der Waals surface area contributed by atoms with Gasteiger partial charge in [0.05, 0.1) is 11.4 Å². The van der Waals surface area contributed by atoms with E-state index in [2.05, 4.69) is 15.0 Å². The number of hydrogen-bond acceptors (Lipinski definition) is 4. The Labute approximate surface area is 146 Å². The van der Waals surface area contributed by atoms with Crippen molar-refractivity contribution in [2.75, 3.05) is 9.80 Å². The molecule has 0 radical (unpaired) electrons. The minimum Gasteiger partial charge on any atom is -0.265 e. The zero-order chi connectivity index (χ0) is 18.6. The number of carbonyl (C=O) groups is 1. The maximum absolute atomic E-state index is 13.6. The van der Waals surface area contributed by atoms with Gasteiger partial charge in [-0.2, -0.15) is 4.90 Å². The van der Waals surface area contributed by atoms with E-state index in [1.807, 2.05) is 0 Å². The summed E-state index contributed by atoms with van der Waals surface area (Å²) in [5, 5.41) is 0. The van der Waals surface area contributed by atoms with Crippen molar-refractivity contribution in [3.63, 3.8) is 0 Å². The van der Waals surface area contributed by atoms with E-state index >= 15 is 0 Å². The van der Waals surface area contributed by atoms with Crippen LogP contribution in [0.3, 0.4) is 0 Å². The molecule has 0 atom stereocenters. The van der Waals surface area contributed by atoms with Crippen LogP contribution in [0, 0.1) is 0 Å². The van der Waals surface area contributed by atoms with E-state index < -0.39 is 23.2 Å². The molecule has 0 aliphatic rings. The summed E-state index contributed by atoms with van der Waals surface area (Å²) in [5.41, 5.74) is 0.482. The SMILES string of the molecule is O=C(N(c1ccccc1)c1ccncc1)N(c1ncccn1)C(F)(F)F. The molecule has 1 aromatic carbocycles. The number of urea groups is 1. The number of benzene rings is 1. The highest BCUT2D eigenvalue weighted by atomic mass is 19.4. The lowest BCUT2D eigenvalue weighted by Gasteiger charge is -2.30. The molecule has 3 aromatic rings. The molecule has 3 rings (SSSR count). The maximum atomic E-state index is 13.6. The van der Waals surface area contributed by atoms with Gasteiger partial charge in [0.2, 0.25) is 5.95 Å². The zero-order valence-corrected chi connectivity index (χ0v) is 13.2. The number of aromatic nitrogens is 3. The molecule has 0 aliphatic carbocycles. The molecule has 0 aliphatic heterocycles. The average molecular weight is 359 g/mol. The number of hydrogen-bond donors (Lipinski definition) is 0. The molecule has 0 N–H and O–H groups in total. The molecule has 132 valence electrons. The highest BCUT2D eigenvalue weighted by Gasteiger charge is 2.46. The first-order chi connectivity index (χ1) is 12.5. The van der Waals surface area contributed by atoms with Gasteiger partial charge in [-0.1, -0.05) is 18.2 Å². The van der Waals surface area contributed by atoms with Crippen LogP contribution in [0.25, 0.3) is 0 Å². The summed E-state index contributed by atoms with van der Waals surface area (Å²) in [6.07, 6.45) is 0.0186. The van der Waals surface area contributed by atoms with E-state index in [4.69, 9.17) is 0 Å². The first-order valence-electron chi connectivity index (χ1n) is 7.41. The van der Waals surface area contributed by atoms with Gasteiger partial charge in [0.15, 0.2) is 0 Å². The molecule has 9 heteroatoms. The molecule has 0 unspecified atom stereocenters. The summed E-state index contributed by atoms with van der Waals surface area (Å²) < 4.78 is 40.9. The second-order valence-corrected chi connectivity index (χ2v) is 5.01. The smallest absolute Gasteiger partial charge is 0.265 e. The predicted molar refractivity (Wildman–Crippen MR) is 88.8 cm³/mol. The summed E-state index contributed by atoms with van der Waals surface area (Å²) in [6.45, 7) is 0. The number of rotatable bonds is 3. The van der Waals surface area contributed by atoms with Gasteiger partial charge in [0.1, 0.15) is 0 Å². The lowest BCUT2D eigenvalue weighted by Crippen LogP contribution is -2.50. The van der Waals surface area contributed by atoms with E-state index in [1.54, 1.807) is 18.2 Å². The van der Waals surface area contributed by atoms with Crippen LogP contribution in [0.15, 0.2) is 73.3 Å². The molecule has 26 heavy (non-hydrogen) atoms. The number of para-hydroxylation sites is 1. The van der Waals surface area contributed by atoms with Gasteiger partial charge >= 0.3 is 12.3 Å². The van der Waals surface area contributed by atoms with Crippen molar-refractivity contribution in [3.05, 3.63) is 73.3 Å². The molecule has 2 amide bonds. The number of halogens is 3. The Morgan fingerprint density at radius 3 is 1.96 bits per heavy atom. The Kier molecular flexibility index (Phi) is 4.78. The Hall–Kier alpha value is -3.49. The molecule has 0 saturated carbocycles. The van der Waals surface area contributed by atoms with Crippen molar-refractivity contribution >= 4 is 23.4 Å². The molecule has 2 aromatic heterocycles. The minimum absolute atomic E-state index is 0.224. The topological polar surface area (TPSA) is 62.2 Å². The van der Waals surface area contributed by atoms with Crippen LogP contribution in [0.4, 0.5) is 35.3 Å². The normalized spacial score (nSPS) is 11.0. The third-order valence-electron chi connectivity index (χ3n) is 3.32.